The van der Waals surface area contributed by atoms with E-state index >= 15 is 0 Å². The van der Waals surface area contributed by atoms with E-state index in [1.165, 1.54) is 16.7 Å². The summed E-state index contributed by atoms with van der Waals surface area (Å²) in [4.78, 5) is 26.6. The average molecular weight is 419 g/mol. The summed E-state index contributed by atoms with van der Waals surface area (Å²) in [6, 6.07) is 4.53. The van der Waals surface area contributed by atoms with Gasteiger partial charge in [-0.3, -0.25) is 13.9 Å². The maximum Gasteiger partial charge on any atom is 0.332 e. The van der Waals surface area contributed by atoms with Crippen molar-refractivity contribution in [1.29, 1.82) is 0 Å². The Bertz CT molecular complexity index is 1230. The zero-order valence-corrected chi connectivity index (χ0v) is 17.5. The highest BCUT2D eigenvalue weighted by molar-refractivity contribution is 7.89. The summed E-state index contributed by atoms with van der Waals surface area (Å²) in [6.07, 6.45) is 3.75. The first-order chi connectivity index (χ1) is 13.6. The van der Waals surface area contributed by atoms with Crippen molar-refractivity contribution >= 4 is 20.9 Å². The number of benzene rings is 1. The SMILES string of the molecule is CC1(NS(=O)(=O)c2ccc3c(c2)c(=O)n(C2(C)CNC2)c(=O)n3CC2CC2)CC1. The normalized spacial score (nSPS) is 22.4. The highest BCUT2D eigenvalue weighted by Crippen LogP contribution is 2.36. The molecule has 2 aliphatic carbocycles. The first-order valence-corrected chi connectivity index (χ1v) is 11.7. The lowest BCUT2D eigenvalue weighted by Crippen LogP contribution is -2.65. The highest BCUT2D eigenvalue weighted by atomic mass is 32.2. The molecule has 156 valence electrons. The van der Waals surface area contributed by atoms with Gasteiger partial charge in [0.25, 0.3) is 5.56 Å². The topological polar surface area (TPSA) is 102 Å². The zero-order chi connectivity index (χ0) is 20.6. The molecule has 0 atom stereocenters. The molecule has 1 aromatic heterocycles. The summed E-state index contributed by atoms with van der Waals surface area (Å²) in [7, 11) is -3.74. The predicted molar refractivity (Wildman–Crippen MR) is 110 cm³/mol. The summed E-state index contributed by atoms with van der Waals surface area (Å²) >= 11 is 0. The Kier molecular flexibility index (Phi) is 3.95. The summed E-state index contributed by atoms with van der Waals surface area (Å²) < 4.78 is 31.4. The molecule has 1 saturated heterocycles. The number of sulfonamides is 1. The van der Waals surface area contributed by atoms with Gasteiger partial charge in [0.05, 0.1) is 21.3 Å². The Morgan fingerprint density at radius 1 is 1.17 bits per heavy atom. The Hall–Kier alpha value is -1.97. The van der Waals surface area contributed by atoms with Gasteiger partial charge in [0.2, 0.25) is 10.0 Å². The number of fused-ring (bicyclic) bond motifs is 1. The van der Waals surface area contributed by atoms with Gasteiger partial charge in [-0.05, 0) is 63.6 Å². The van der Waals surface area contributed by atoms with Gasteiger partial charge in [0, 0.05) is 25.2 Å². The largest absolute Gasteiger partial charge is 0.332 e. The van der Waals surface area contributed by atoms with Crippen LogP contribution in [0.1, 0.15) is 39.5 Å². The van der Waals surface area contributed by atoms with E-state index in [2.05, 4.69) is 10.0 Å². The Balaban J connectivity index is 1.72. The van der Waals surface area contributed by atoms with Crippen molar-refractivity contribution in [3.05, 3.63) is 39.0 Å². The predicted octanol–water partition coefficient (Wildman–Crippen LogP) is 0.722. The van der Waals surface area contributed by atoms with Crippen molar-refractivity contribution in [1.82, 2.24) is 19.2 Å². The van der Waals surface area contributed by atoms with Crippen LogP contribution in [0.4, 0.5) is 0 Å². The molecule has 0 spiro atoms. The van der Waals surface area contributed by atoms with E-state index in [4.69, 9.17) is 0 Å². The van der Waals surface area contributed by atoms with Crippen molar-refractivity contribution < 1.29 is 8.42 Å². The summed E-state index contributed by atoms with van der Waals surface area (Å²) in [5.41, 5.74) is -1.21. The van der Waals surface area contributed by atoms with E-state index in [0.29, 0.717) is 31.1 Å². The van der Waals surface area contributed by atoms with Crippen LogP contribution in [0, 0.1) is 5.92 Å². The van der Waals surface area contributed by atoms with Crippen molar-refractivity contribution in [3.63, 3.8) is 0 Å². The molecule has 2 heterocycles. The lowest BCUT2D eigenvalue weighted by Gasteiger charge is -2.40. The fraction of sp³-hybridized carbons (Fsp3) is 0.600. The van der Waals surface area contributed by atoms with Gasteiger partial charge in [-0.15, -0.1) is 0 Å². The monoisotopic (exact) mass is 418 g/mol. The molecule has 1 aliphatic heterocycles. The third kappa shape index (κ3) is 3.15. The van der Waals surface area contributed by atoms with Crippen molar-refractivity contribution in [2.24, 2.45) is 5.92 Å². The number of rotatable bonds is 6. The smallest absolute Gasteiger partial charge is 0.312 e. The number of nitrogens with zero attached hydrogens (tertiary/aromatic N) is 2. The second-order valence-electron chi connectivity index (χ2n) is 9.42. The van der Waals surface area contributed by atoms with Gasteiger partial charge >= 0.3 is 5.69 Å². The number of hydrogen-bond acceptors (Lipinski definition) is 5. The van der Waals surface area contributed by atoms with E-state index in [-0.39, 0.29) is 16.0 Å². The number of nitrogens with one attached hydrogen (secondary N) is 2. The van der Waals surface area contributed by atoms with Gasteiger partial charge < -0.3 is 5.32 Å². The van der Waals surface area contributed by atoms with Crippen LogP contribution in [-0.2, 0) is 22.1 Å². The highest BCUT2D eigenvalue weighted by Gasteiger charge is 2.42. The Morgan fingerprint density at radius 3 is 2.41 bits per heavy atom. The zero-order valence-electron chi connectivity index (χ0n) is 16.7. The molecule has 2 aromatic rings. The molecule has 0 amide bonds. The lowest BCUT2D eigenvalue weighted by molar-refractivity contribution is 0.184. The van der Waals surface area contributed by atoms with Crippen molar-refractivity contribution in [2.75, 3.05) is 13.1 Å². The van der Waals surface area contributed by atoms with E-state index in [1.54, 1.807) is 10.6 Å². The molecule has 0 radical (unpaired) electrons. The Labute approximate surface area is 169 Å². The second kappa shape index (κ2) is 6.02. The van der Waals surface area contributed by atoms with Crippen LogP contribution >= 0.6 is 0 Å². The van der Waals surface area contributed by atoms with E-state index in [9.17, 15) is 18.0 Å². The van der Waals surface area contributed by atoms with Gasteiger partial charge in [-0.2, -0.15) is 0 Å². The molecule has 0 unspecified atom stereocenters. The molecule has 0 bridgehead atoms. The maximum atomic E-state index is 13.3. The van der Waals surface area contributed by atoms with Crippen molar-refractivity contribution in [3.8, 4) is 0 Å². The van der Waals surface area contributed by atoms with Crippen LogP contribution in [0.5, 0.6) is 0 Å². The molecule has 29 heavy (non-hydrogen) atoms. The quantitative estimate of drug-likeness (QED) is 0.720. The van der Waals surface area contributed by atoms with Gasteiger partial charge in [0.1, 0.15) is 0 Å². The standard InChI is InChI=1S/C20H26N4O4S/c1-19(7-8-19)22-29(27,28)14-5-6-16-15(9-14)17(25)24(20(2)11-21-12-20)18(26)23(16)10-13-3-4-13/h5-6,9,13,21-22H,3-4,7-8,10-12H2,1-2H3. The second-order valence-corrected chi connectivity index (χ2v) is 11.1. The molecule has 3 aliphatic rings. The minimum atomic E-state index is -3.74. The molecule has 3 fully saturated rings. The lowest BCUT2D eigenvalue weighted by atomic mass is 9.94. The minimum Gasteiger partial charge on any atom is -0.312 e. The van der Waals surface area contributed by atoms with Crippen LogP contribution < -0.4 is 21.3 Å². The fourth-order valence-corrected chi connectivity index (χ4v) is 5.54. The van der Waals surface area contributed by atoms with Crippen molar-refractivity contribution in [2.45, 2.75) is 62.0 Å². The van der Waals surface area contributed by atoms with Crippen LogP contribution in [0.15, 0.2) is 32.7 Å². The third-order valence-electron chi connectivity index (χ3n) is 6.49. The molecule has 2 saturated carbocycles. The first kappa shape index (κ1) is 19.0. The third-order valence-corrected chi connectivity index (χ3v) is 8.13. The van der Waals surface area contributed by atoms with E-state index < -0.39 is 26.7 Å². The van der Waals surface area contributed by atoms with Gasteiger partial charge in [-0.1, -0.05) is 0 Å². The molecule has 8 nitrogen and oxygen atoms in total. The number of aromatic nitrogens is 2. The molecule has 1 aromatic carbocycles. The summed E-state index contributed by atoms with van der Waals surface area (Å²) in [5, 5.41) is 3.41. The maximum absolute atomic E-state index is 13.3. The molecular weight excluding hydrogens is 392 g/mol. The summed E-state index contributed by atoms with van der Waals surface area (Å²) in [6.45, 7) is 5.39. The average Bonchev–Trinajstić information content (AvgIpc) is 3.55. The summed E-state index contributed by atoms with van der Waals surface area (Å²) in [5.74, 6) is 0.439. The molecule has 9 heteroatoms. The van der Waals surface area contributed by atoms with Gasteiger partial charge in [-0.25, -0.2) is 17.9 Å². The van der Waals surface area contributed by atoms with Crippen LogP contribution in [0.3, 0.4) is 0 Å². The molecule has 2 N–H and O–H groups in total. The molecule has 5 rings (SSSR count). The number of hydrogen-bond donors (Lipinski definition) is 2. The van der Waals surface area contributed by atoms with Gasteiger partial charge in [0.15, 0.2) is 0 Å². The minimum absolute atomic E-state index is 0.0651. The Morgan fingerprint density at radius 2 is 1.86 bits per heavy atom. The van der Waals surface area contributed by atoms with Crippen LogP contribution in [0.25, 0.3) is 10.9 Å². The first-order valence-electron chi connectivity index (χ1n) is 10.2. The molecular formula is C20H26N4O4S. The van der Waals surface area contributed by atoms with Crippen LogP contribution in [0.2, 0.25) is 0 Å². The van der Waals surface area contributed by atoms with Crippen LogP contribution in [-0.4, -0.2) is 36.2 Å². The van der Waals surface area contributed by atoms with E-state index in [0.717, 1.165) is 25.7 Å². The fourth-order valence-electron chi connectivity index (χ4n) is 4.05. The van der Waals surface area contributed by atoms with E-state index in [1.807, 2.05) is 13.8 Å².